The SMILES string of the molecule is COc1ccc(C(OCC2OC(n3ccc(=O)[nH]c3=O)C(NC(=O)OCC3c4ccccc4-c4ccccc43)C2OP(OCCC#N)C(C(C)C)C(C)C)(c2ccccc2)c2ccc(OC)cc2)cc1. The smallest absolute Gasteiger partial charge is 0.407 e. The number of H-pyrrole nitrogens is 1. The number of nitrogens with one attached hydrogen (secondary N) is 2. The van der Waals surface area contributed by atoms with Crippen LogP contribution in [0.5, 0.6) is 11.5 Å². The van der Waals surface area contributed by atoms with Gasteiger partial charge in [-0.1, -0.05) is 131 Å². The zero-order chi connectivity index (χ0) is 49.4. The number of ether oxygens (including phenoxy) is 5. The fourth-order valence-corrected chi connectivity index (χ4v) is 11.9. The molecule has 2 N–H and O–H groups in total. The molecule has 1 fully saturated rings. The minimum Gasteiger partial charge on any atom is -0.497 e. The summed E-state index contributed by atoms with van der Waals surface area (Å²) < 4.78 is 46.6. The predicted molar refractivity (Wildman–Crippen MR) is 267 cm³/mol. The van der Waals surface area contributed by atoms with Crippen LogP contribution in [0.4, 0.5) is 4.79 Å². The minimum atomic E-state index is -1.81. The Kier molecular flexibility index (Phi) is 16.0. The Bertz CT molecular complexity index is 2760. The highest BCUT2D eigenvalue weighted by Crippen LogP contribution is 2.54. The molecule has 15 heteroatoms. The number of rotatable bonds is 20. The first-order valence-corrected chi connectivity index (χ1v) is 24.7. The topological polar surface area (TPSA) is 172 Å². The molecule has 1 amide bonds. The Labute approximate surface area is 409 Å². The summed E-state index contributed by atoms with van der Waals surface area (Å²) in [5, 5.41) is 12.7. The van der Waals surface area contributed by atoms with Gasteiger partial charge in [0, 0.05) is 23.8 Å². The molecule has 1 aliphatic carbocycles. The molecule has 14 nitrogen and oxygen atoms in total. The number of carbonyl (C=O) groups excluding carboxylic acids is 1. The molecule has 0 bridgehead atoms. The second-order valence-corrected chi connectivity index (χ2v) is 19.6. The number of carbonyl (C=O) groups is 1. The number of hydrogen-bond acceptors (Lipinski definition) is 11. The van der Waals surface area contributed by atoms with Gasteiger partial charge in [0.1, 0.15) is 42.0 Å². The molecule has 5 atom stereocenters. The monoisotopic (exact) mass is 966 g/mol. The van der Waals surface area contributed by atoms with Crippen LogP contribution >= 0.6 is 8.38 Å². The summed E-state index contributed by atoms with van der Waals surface area (Å²) >= 11 is 0. The summed E-state index contributed by atoms with van der Waals surface area (Å²) in [4.78, 5) is 43.1. The van der Waals surface area contributed by atoms with E-state index >= 15 is 0 Å². The molecule has 5 aromatic carbocycles. The van der Waals surface area contributed by atoms with Crippen molar-refractivity contribution in [3.05, 3.63) is 188 Å². The molecular weight excluding hydrogens is 908 g/mol. The van der Waals surface area contributed by atoms with Gasteiger partial charge in [0.25, 0.3) is 5.56 Å². The molecule has 364 valence electrons. The lowest BCUT2D eigenvalue weighted by Gasteiger charge is -2.38. The number of nitrogens with zero attached hydrogens (tertiary/aromatic N) is 2. The molecule has 0 radical (unpaired) electrons. The maximum Gasteiger partial charge on any atom is 0.407 e. The number of amides is 1. The molecule has 0 spiro atoms. The highest BCUT2D eigenvalue weighted by atomic mass is 31.2. The summed E-state index contributed by atoms with van der Waals surface area (Å²) in [6.07, 6.45) is -2.63. The van der Waals surface area contributed by atoms with Gasteiger partial charge in [-0.3, -0.25) is 14.3 Å². The molecule has 2 heterocycles. The number of alkyl carbamates (subject to hydrolysis) is 1. The van der Waals surface area contributed by atoms with E-state index in [1.165, 1.54) is 16.8 Å². The summed E-state index contributed by atoms with van der Waals surface area (Å²) in [6.45, 7) is 8.33. The van der Waals surface area contributed by atoms with E-state index in [1.807, 2.05) is 115 Å². The Hall–Kier alpha value is -6.59. The van der Waals surface area contributed by atoms with Crippen LogP contribution in [0.3, 0.4) is 0 Å². The van der Waals surface area contributed by atoms with Crippen LogP contribution < -0.4 is 26.0 Å². The molecule has 1 aromatic heterocycles. The zero-order valence-electron chi connectivity index (χ0n) is 40.2. The van der Waals surface area contributed by atoms with E-state index in [9.17, 15) is 19.6 Å². The van der Waals surface area contributed by atoms with Gasteiger partial charge in [-0.2, -0.15) is 5.26 Å². The molecule has 1 saturated heterocycles. The number of aromatic amines is 1. The highest BCUT2D eigenvalue weighted by molar-refractivity contribution is 7.48. The number of fused-ring (bicyclic) bond motifs is 3. The molecule has 5 unspecified atom stereocenters. The highest BCUT2D eigenvalue weighted by Gasteiger charge is 2.52. The third-order valence-corrected chi connectivity index (χ3v) is 15.6. The lowest BCUT2D eigenvalue weighted by molar-refractivity contribution is -0.0922. The van der Waals surface area contributed by atoms with E-state index in [0.29, 0.717) is 11.5 Å². The van der Waals surface area contributed by atoms with Crippen molar-refractivity contribution < 1.29 is 37.5 Å². The van der Waals surface area contributed by atoms with Gasteiger partial charge in [0.15, 0.2) is 14.6 Å². The van der Waals surface area contributed by atoms with Crippen molar-refractivity contribution in [1.29, 1.82) is 5.26 Å². The van der Waals surface area contributed by atoms with Crippen LogP contribution in [-0.2, 0) is 28.9 Å². The van der Waals surface area contributed by atoms with Crippen LogP contribution in [0.15, 0.2) is 149 Å². The van der Waals surface area contributed by atoms with Gasteiger partial charge in [0.2, 0.25) is 0 Å². The first-order valence-electron chi connectivity index (χ1n) is 23.5. The Morgan fingerprint density at radius 1 is 0.771 bits per heavy atom. The number of aromatic nitrogens is 2. The standard InChI is InChI=1S/C55H59N4O10P/c1-35(2)51(36(3)4)70(67-32-14-30-56)69-50-47(34-66-55(37-15-8-7-9-16-37,38-21-25-40(63-5)26-22-38)39-23-27-41(64-6)28-24-39)68-52(59-31-29-48(60)57-53(59)61)49(50)58-54(62)65-33-46-44-19-12-10-17-42(44)43-18-11-13-20-45(43)46/h7-13,15-29,31,35-36,46-47,49-52H,14,32-34H2,1-6H3,(H,58,62)(H,57,60,61). The number of methoxy groups -OCH3 is 2. The predicted octanol–water partition coefficient (Wildman–Crippen LogP) is 9.68. The molecule has 1 aliphatic heterocycles. The number of hydrogen-bond donors (Lipinski definition) is 2. The van der Waals surface area contributed by atoms with Gasteiger partial charge in [-0.15, -0.1) is 0 Å². The fourth-order valence-electron chi connectivity index (χ4n) is 9.82. The lowest BCUT2D eigenvalue weighted by Crippen LogP contribution is -2.50. The third-order valence-electron chi connectivity index (χ3n) is 13.0. The number of benzene rings is 5. The van der Waals surface area contributed by atoms with Crippen LogP contribution in [0.2, 0.25) is 0 Å². The Balaban J connectivity index is 1.22. The van der Waals surface area contributed by atoms with E-state index in [1.54, 1.807) is 14.2 Å². The van der Waals surface area contributed by atoms with Crippen molar-refractivity contribution >= 4 is 14.5 Å². The summed E-state index contributed by atoms with van der Waals surface area (Å²) in [5.41, 5.74) is 3.78. The van der Waals surface area contributed by atoms with Gasteiger partial charge in [0.05, 0.1) is 39.9 Å². The van der Waals surface area contributed by atoms with Gasteiger partial charge in [-0.25, -0.2) is 9.59 Å². The Morgan fingerprint density at radius 3 is 1.87 bits per heavy atom. The van der Waals surface area contributed by atoms with E-state index in [2.05, 4.69) is 56.2 Å². The van der Waals surface area contributed by atoms with Crippen molar-refractivity contribution in [3.8, 4) is 28.7 Å². The van der Waals surface area contributed by atoms with Gasteiger partial charge in [-0.05, 0) is 75.0 Å². The maximum absolute atomic E-state index is 14.5. The van der Waals surface area contributed by atoms with Gasteiger partial charge < -0.3 is 38.0 Å². The van der Waals surface area contributed by atoms with Gasteiger partial charge >= 0.3 is 11.8 Å². The summed E-state index contributed by atoms with van der Waals surface area (Å²) in [5.74, 6) is 1.22. The summed E-state index contributed by atoms with van der Waals surface area (Å²) in [7, 11) is 1.40. The van der Waals surface area contributed by atoms with Crippen molar-refractivity contribution in [3.63, 3.8) is 0 Å². The fraction of sp³-hybridized carbons (Fsp3) is 0.345. The van der Waals surface area contributed by atoms with E-state index in [-0.39, 0.29) is 49.7 Å². The molecule has 6 aromatic rings. The third kappa shape index (κ3) is 10.5. The number of nitriles is 1. The van der Waals surface area contributed by atoms with E-state index < -0.39 is 55.8 Å². The van der Waals surface area contributed by atoms with E-state index in [0.717, 1.165) is 38.9 Å². The molecular formula is C55H59N4O10P. The first-order chi connectivity index (χ1) is 34.0. The van der Waals surface area contributed by atoms with Crippen molar-refractivity contribution in [2.75, 3.05) is 34.0 Å². The minimum absolute atomic E-state index is 0.0187. The van der Waals surface area contributed by atoms with Crippen LogP contribution in [0.1, 0.15) is 74.1 Å². The van der Waals surface area contributed by atoms with E-state index in [4.69, 9.17) is 32.7 Å². The zero-order valence-corrected chi connectivity index (χ0v) is 41.0. The van der Waals surface area contributed by atoms with Crippen LogP contribution in [0.25, 0.3) is 11.1 Å². The second-order valence-electron chi connectivity index (χ2n) is 18.0. The average molecular weight is 967 g/mol. The van der Waals surface area contributed by atoms with Crippen LogP contribution in [0, 0.1) is 23.2 Å². The second kappa shape index (κ2) is 22.4. The van der Waals surface area contributed by atoms with Crippen molar-refractivity contribution in [2.45, 2.75) is 75.8 Å². The van der Waals surface area contributed by atoms with Crippen molar-refractivity contribution in [2.24, 2.45) is 11.8 Å². The average Bonchev–Trinajstić information content (AvgIpc) is 3.87. The van der Waals surface area contributed by atoms with Crippen molar-refractivity contribution in [1.82, 2.24) is 14.9 Å². The first kappa shape index (κ1) is 49.8. The lowest BCUT2D eigenvalue weighted by atomic mass is 9.80. The summed E-state index contributed by atoms with van der Waals surface area (Å²) in [6, 6.07) is 43.5. The maximum atomic E-state index is 14.5. The molecule has 70 heavy (non-hydrogen) atoms. The normalized spacial score (nSPS) is 18.1. The quantitative estimate of drug-likeness (QED) is 0.0424. The molecule has 8 rings (SSSR count). The van der Waals surface area contributed by atoms with Crippen LogP contribution in [-0.4, -0.2) is 73.6 Å². The largest absolute Gasteiger partial charge is 0.497 e. The Morgan fingerprint density at radius 2 is 1.33 bits per heavy atom. The molecule has 0 saturated carbocycles. The molecule has 2 aliphatic rings.